The normalized spacial score (nSPS) is 6.60. The summed E-state index contributed by atoms with van der Waals surface area (Å²) in [5.74, 6) is -0.480. The summed E-state index contributed by atoms with van der Waals surface area (Å²) >= 11 is 4.49. The average Bonchev–Trinajstić information content (AvgIpc) is 1.38. The van der Waals surface area contributed by atoms with Crippen LogP contribution in [-0.2, 0) is 4.29 Å². The summed E-state index contributed by atoms with van der Waals surface area (Å²) < 4.78 is 3.58. The highest BCUT2D eigenvalue weighted by Crippen LogP contribution is 1.72. The second-order valence-corrected chi connectivity index (χ2v) is 0.596. The molecule has 0 rings (SSSR count). The zero-order valence-electron chi connectivity index (χ0n) is 2.36. The summed E-state index contributed by atoms with van der Waals surface area (Å²) in [6.07, 6.45) is 0. The lowest BCUT2D eigenvalue weighted by atomic mass is 10.2. The van der Waals surface area contributed by atoms with Crippen molar-refractivity contribution in [1.82, 2.24) is 0 Å². The molecule has 0 bridgehead atoms. The molecule has 0 aliphatic rings. The molecule has 0 unspecified atom stereocenters. The highest BCUT2D eigenvalue weighted by atomic mass is 35.5. The molecule has 0 spiro atoms. The molecule has 2 radical (unpaired) electrons. The van der Waals surface area contributed by atoms with Gasteiger partial charge in [-0.05, 0) is 0 Å². The fourth-order valence-electron chi connectivity index (χ4n) is 0. The number of rotatable bonds is 0. The van der Waals surface area contributed by atoms with E-state index in [0.717, 1.165) is 0 Å². The minimum atomic E-state index is -0.480. The van der Waals surface area contributed by atoms with E-state index in [2.05, 4.69) is 24.0 Å². The van der Waals surface area contributed by atoms with Gasteiger partial charge in [0.25, 0.3) is 0 Å². The van der Waals surface area contributed by atoms with E-state index in [1.54, 1.807) is 0 Å². The number of nitrogens with one attached hydrogen (secondary N) is 1. The van der Waals surface area contributed by atoms with E-state index in [1.165, 1.54) is 0 Å². The summed E-state index contributed by atoms with van der Waals surface area (Å²) in [4.78, 5) is 0. The van der Waals surface area contributed by atoms with Gasteiger partial charge in [0.1, 0.15) is 17.7 Å². The maximum Gasteiger partial charge on any atom is 0.198 e. The first-order chi connectivity index (χ1) is 2.27. The van der Waals surface area contributed by atoms with E-state index in [-0.39, 0.29) is 0 Å². The van der Waals surface area contributed by atoms with Gasteiger partial charge in [0.15, 0.2) is 7.85 Å². The maximum atomic E-state index is 6.17. The lowest BCUT2D eigenvalue weighted by molar-refractivity contribution is 0.627. The molecule has 4 heteroatoms. The fraction of sp³-hybridized carbons (Fsp3) is 0. The smallest absolute Gasteiger partial charge is 0.198 e. The van der Waals surface area contributed by atoms with Crippen LogP contribution in [0.1, 0.15) is 0 Å². The Morgan fingerprint density at radius 2 is 2.20 bits per heavy atom. The van der Waals surface area contributed by atoms with Crippen LogP contribution in [0.5, 0.6) is 0 Å². The van der Waals surface area contributed by atoms with Gasteiger partial charge in [-0.3, -0.25) is 5.41 Å². The van der Waals surface area contributed by atoms with E-state index >= 15 is 0 Å². The molecule has 0 heterocycles. The summed E-state index contributed by atoms with van der Waals surface area (Å²) in [7, 11) is 4.52. The third-order valence-electron chi connectivity index (χ3n) is 0.0831. The molecule has 0 aliphatic heterocycles. The van der Waals surface area contributed by atoms with Crippen LogP contribution in [0.4, 0.5) is 0 Å². The van der Waals surface area contributed by atoms with Crippen molar-refractivity contribution in [3.8, 4) is 0 Å². The summed E-state index contributed by atoms with van der Waals surface area (Å²) in [6, 6.07) is 0. The molecule has 0 aromatic heterocycles. The van der Waals surface area contributed by atoms with Crippen LogP contribution >= 0.6 is 11.9 Å². The topological polar surface area (TPSA) is 33.1 Å². The van der Waals surface area contributed by atoms with E-state index in [4.69, 9.17) is 5.41 Å². The Kier molecular flexibility index (Phi) is 2.01. The SMILES string of the molecule is [B]C(=N)OCl. The van der Waals surface area contributed by atoms with Crippen molar-refractivity contribution in [1.29, 1.82) is 5.41 Å². The second kappa shape index (κ2) is 2.09. The predicted molar refractivity (Wildman–Crippen MR) is 20.4 cm³/mol. The van der Waals surface area contributed by atoms with Gasteiger partial charge in [0.05, 0.1) is 0 Å². The predicted octanol–water partition coefficient (Wildman–Crippen LogP) is 0.260. The first-order valence-corrected chi connectivity index (χ1v) is 1.21. The molecule has 0 aromatic carbocycles. The molecule has 0 saturated heterocycles. The van der Waals surface area contributed by atoms with Gasteiger partial charge in [-0.1, -0.05) is 0 Å². The quantitative estimate of drug-likeness (QED) is 0.258. The Labute approximate surface area is 36.2 Å². The number of hydrogen-bond acceptors (Lipinski definition) is 2. The van der Waals surface area contributed by atoms with Gasteiger partial charge in [0.2, 0.25) is 0 Å². The third-order valence-corrected chi connectivity index (χ3v) is 0.249. The highest BCUT2D eigenvalue weighted by Gasteiger charge is 1.73. The van der Waals surface area contributed by atoms with Crippen molar-refractivity contribution in [3.05, 3.63) is 0 Å². The zero-order chi connectivity index (χ0) is 4.28. The van der Waals surface area contributed by atoms with Crippen LogP contribution in [-0.4, -0.2) is 13.6 Å². The number of hydrogen-bond donors (Lipinski definition) is 1. The molecule has 26 valence electrons. The average molecular weight is 89.3 g/mol. The first kappa shape index (κ1) is 4.82. The van der Waals surface area contributed by atoms with E-state index in [9.17, 15) is 0 Å². The monoisotopic (exact) mass is 89.0 g/mol. The molecule has 2 nitrogen and oxygen atoms in total. The van der Waals surface area contributed by atoms with E-state index in [0.29, 0.717) is 0 Å². The Balaban J connectivity index is 2.85. The van der Waals surface area contributed by atoms with Crippen molar-refractivity contribution < 1.29 is 4.29 Å². The van der Waals surface area contributed by atoms with Crippen molar-refractivity contribution in [2.24, 2.45) is 0 Å². The zero-order valence-corrected chi connectivity index (χ0v) is 3.12. The minimum Gasteiger partial charge on any atom is -0.384 e. The Morgan fingerprint density at radius 3 is 2.20 bits per heavy atom. The van der Waals surface area contributed by atoms with Crippen LogP contribution in [0.25, 0.3) is 0 Å². The van der Waals surface area contributed by atoms with Crippen LogP contribution < -0.4 is 0 Å². The molecule has 0 amide bonds. The first-order valence-electron chi connectivity index (χ1n) is 0.897. The summed E-state index contributed by atoms with van der Waals surface area (Å²) in [6.45, 7) is 0. The lowest BCUT2D eigenvalue weighted by Gasteiger charge is -1.80. The summed E-state index contributed by atoms with van der Waals surface area (Å²) in [5.41, 5.74) is 0. The summed E-state index contributed by atoms with van der Waals surface area (Å²) in [5, 5.41) is 6.17. The second-order valence-electron chi connectivity index (χ2n) is 0.441. The molecule has 0 aromatic rings. The van der Waals surface area contributed by atoms with Gasteiger partial charge < -0.3 is 4.29 Å². The largest absolute Gasteiger partial charge is 0.384 e. The standard InChI is InChI=1S/CHBClNO/c2-1(4)5-3/h4H. The molecule has 0 fully saturated rings. The van der Waals surface area contributed by atoms with E-state index in [1.807, 2.05) is 0 Å². The van der Waals surface area contributed by atoms with Crippen LogP contribution in [0.15, 0.2) is 0 Å². The van der Waals surface area contributed by atoms with Crippen LogP contribution in [0, 0.1) is 5.41 Å². The van der Waals surface area contributed by atoms with Gasteiger partial charge >= 0.3 is 0 Å². The minimum absolute atomic E-state index is 0.480. The Bertz CT molecular complexity index is 46.9. The van der Waals surface area contributed by atoms with Crippen LogP contribution in [0.3, 0.4) is 0 Å². The number of halogens is 1. The van der Waals surface area contributed by atoms with Crippen LogP contribution in [0.2, 0.25) is 0 Å². The molecule has 0 saturated carbocycles. The molecular weight excluding hydrogens is 88.3 g/mol. The van der Waals surface area contributed by atoms with Gasteiger partial charge in [-0.2, -0.15) is 0 Å². The Morgan fingerprint density at radius 1 is 2.00 bits per heavy atom. The maximum absolute atomic E-state index is 6.17. The Hall–Kier alpha value is -0.175. The lowest BCUT2D eigenvalue weighted by Crippen LogP contribution is -1.89. The van der Waals surface area contributed by atoms with Crippen molar-refractivity contribution >= 4 is 25.5 Å². The molecule has 0 atom stereocenters. The fourth-order valence-corrected chi connectivity index (χ4v) is 0. The molecule has 1 N–H and O–H groups in total. The molecular formula is CHBClNO. The van der Waals surface area contributed by atoms with Crippen molar-refractivity contribution in [2.75, 3.05) is 0 Å². The van der Waals surface area contributed by atoms with Crippen molar-refractivity contribution in [3.63, 3.8) is 0 Å². The van der Waals surface area contributed by atoms with Gasteiger partial charge in [-0.15, -0.1) is 0 Å². The van der Waals surface area contributed by atoms with Crippen molar-refractivity contribution in [2.45, 2.75) is 0 Å². The molecule has 5 heavy (non-hydrogen) atoms. The van der Waals surface area contributed by atoms with Gasteiger partial charge in [-0.25, -0.2) is 0 Å². The highest BCUT2D eigenvalue weighted by molar-refractivity contribution is 6.58. The van der Waals surface area contributed by atoms with E-state index < -0.39 is 5.80 Å². The molecule has 0 aliphatic carbocycles. The third kappa shape index (κ3) is 3.82. The van der Waals surface area contributed by atoms with Gasteiger partial charge in [0, 0.05) is 0 Å².